The first-order chi connectivity index (χ1) is 12.6. The monoisotopic (exact) mass is 422 g/mol. The molecule has 0 aliphatic heterocycles. The van der Waals surface area contributed by atoms with E-state index in [0.29, 0.717) is 5.15 Å². The molecule has 1 aliphatic carbocycles. The van der Waals surface area contributed by atoms with Crippen LogP contribution < -0.4 is 5.73 Å². The molecule has 2 heterocycles. The van der Waals surface area contributed by atoms with Gasteiger partial charge in [-0.25, -0.2) is 15.0 Å². The topological polar surface area (TPSA) is 64.7 Å². The maximum atomic E-state index is 6.53. The molecule has 2 aromatic carbocycles. The summed E-state index contributed by atoms with van der Waals surface area (Å²) in [6.45, 7) is 0. The maximum absolute atomic E-state index is 6.53. The SMILES string of the molecule is Nc1nc2c(c(-c3cc4cc(Br)ccc4nc3Cl)n1)-c1ccccc1C2. The summed E-state index contributed by atoms with van der Waals surface area (Å²) in [4.78, 5) is 13.5. The lowest BCUT2D eigenvalue weighted by Crippen LogP contribution is -2.02. The summed E-state index contributed by atoms with van der Waals surface area (Å²) in [5.41, 5.74) is 12.6. The average Bonchev–Trinajstić information content (AvgIpc) is 2.99. The van der Waals surface area contributed by atoms with Crippen molar-refractivity contribution in [2.24, 2.45) is 0 Å². The zero-order valence-corrected chi connectivity index (χ0v) is 15.8. The fraction of sp³-hybridized carbons (Fsp3) is 0.0500. The normalized spacial score (nSPS) is 12.2. The van der Waals surface area contributed by atoms with E-state index >= 15 is 0 Å². The minimum atomic E-state index is 0.247. The first-order valence-electron chi connectivity index (χ1n) is 8.11. The Morgan fingerprint density at radius 2 is 1.81 bits per heavy atom. The number of rotatable bonds is 1. The minimum absolute atomic E-state index is 0.247. The predicted octanol–water partition coefficient (Wildman–Crippen LogP) is 5.26. The van der Waals surface area contributed by atoms with Gasteiger partial charge in [0.05, 0.1) is 16.9 Å². The van der Waals surface area contributed by atoms with Gasteiger partial charge in [0, 0.05) is 27.4 Å². The van der Waals surface area contributed by atoms with Gasteiger partial charge in [-0.05, 0) is 35.4 Å². The van der Waals surface area contributed by atoms with Gasteiger partial charge in [-0.1, -0.05) is 51.8 Å². The van der Waals surface area contributed by atoms with Crippen molar-refractivity contribution in [3.05, 3.63) is 69.4 Å². The zero-order chi connectivity index (χ0) is 17.8. The summed E-state index contributed by atoms with van der Waals surface area (Å²) in [7, 11) is 0. The third kappa shape index (κ3) is 2.39. The molecule has 4 nitrogen and oxygen atoms in total. The molecule has 5 rings (SSSR count). The summed E-state index contributed by atoms with van der Waals surface area (Å²) in [5.74, 6) is 0.247. The van der Waals surface area contributed by atoms with E-state index in [9.17, 15) is 0 Å². The van der Waals surface area contributed by atoms with Crippen molar-refractivity contribution in [3.8, 4) is 22.4 Å². The van der Waals surface area contributed by atoms with Gasteiger partial charge in [0.15, 0.2) is 0 Å². The van der Waals surface area contributed by atoms with Gasteiger partial charge >= 0.3 is 0 Å². The molecule has 2 aromatic heterocycles. The van der Waals surface area contributed by atoms with E-state index in [-0.39, 0.29) is 5.95 Å². The van der Waals surface area contributed by atoms with E-state index in [4.69, 9.17) is 17.3 Å². The summed E-state index contributed by atoms with van der Waals surface area (Å²) in [6, 6.07) is 16.1. The third-order valence-corrected chi connectivity index (χ3v) is 5.41. The van der Waals surface area contributed by atoms with Crippen molar-refractivity contribution in [2.45, 2.75) is 6.42 Å². The fourth-order valence-corrected chi connectivity index (χ4v) is 4.13. The van der Waals surface area contributed by atoms with E-state index in [0.717, 1.165) is 49.9 Å². The number of aromatic nitrogens is 3. The number of hydrogen-bond donors (Lipinski definition) is 1. The van der Waals surface area contributed by atoms with Crippen LogP contribution in [0.25, 0.3) is 33.3 Å². The number of nitrogens with two attached hydrogens (primary N) is 1. The molecule has 0 spiro atoms. The van der Waals surface area contributed by atoms with Crippen LogP contribution in [0.4, 0.5) is 5.95 Å². The number of pyridine rings is 1. The van der Waals surface area contributed by atoms with E-state index in [1.807, 2.05) is 36.4 Å². The van der Waals surface area contributed by atoms with Gasteiger partial charge in [0.2, 0.25) is 5.95 Å². The second-order valence-electron chi connectivity index (χ2n) is 6.25. The number of anilines is 1. The largest absolute Gasteiger partial charge is 0.368 e. The highest BCUT2D eigenvalue weighted by atomic mass is 79.9. The number of halogens is 2. The summed E-state index contributed by atoms with van der Waals surface area (Å²) in [5, 5.41) is 1.39. The standard InChI is InChI=1S/C20H12BrClN4/c21-12-5-6-15-11(7-12)8-14(19(22)24-15)18-17-13-4-2-1-3-10(13)9-16(17)25-20(23)26-18/h1-8H,9H2,(H2,23,25,26). The Hall–Kier alpha value is -2.50. The molecule has 0 unspecified atom stereocenters. The lowest BCUT2D eigenvalue weighted by Gasteiger charge is -2.12. The zero-order valence-electron chi connectivity index (χ0n) is 13.5. The van der Waals surface area contributed by atoms with E-state index in [2.05, 4.69) is 43.0 Å². The van der Waals surface area contributed by atoms with Crippen LogP contribution in [0.2, 0.25) is 5.15 Å². The van der Waals surface area contributed by atoms with Gasteiger partial charge in [-0.3, -0.25) is 0 Å². The summed E-state index contributed by atoms with van der Waals surface area (Å²) >= 11 is 10.0. The molecule has 1 aliphatic rings. The molecule has 0 radical (unpaired) electrons. The number of benzene rings is 2. The van der Waals surface area contributed by atoms with Crippen molar-refractivity contribution in [3.63, 3.8) is 0 Å². The van der Waals surface area contributed by atoms with Crippen molar-refractivity contribution < 1.29 is 0 Å². The lowest BCUT2D eigenvalue weighted by molar-refractivity contribution is 1.08. The number of fused-ring (bicyclic) bond motifs is 4. The molecular formula is C20H12BrClN4. The lowest BCUT2D eigenvalue weighted by atomic mass is 10.0. The van der Waals surface area contributed by atoms with Crippen molar-refractivity contribution in [1.82, 2.24) is 15.0 Å². The first-order valence-corrected chi connectivity index (χ1v) is 9.28. The highest BCUT2D eigenvalue weighted by molar-refractivity contribution is 9.10. The molecule has 26 heavy (non-hydrogen) atoms. The van der Waals surface area contributed by atoms with Crippen molar-refractivity contribution in [1.29, 1.82) is 0 Å². The summed E-state index contributed by atoms with van der Waals surface area (Å²) in [6.07, 6.45) is 0.745. The smallest absolute Gasteiger partial charge is 0.220 e. The Morgan fingerprint density at radius 1 is 0.962 bits per heavy atom. The van der Waals surface area contributed by atoms with Crippen LogP contribution in [-0.4, -0.2) is 15.0 Å². The van der Waals surface area contributed by atoms with Crippen molar-refractivity contribution in [2.75, 3.05) is 5.73 Å². The second kappa shape index (κ2) is 5.76. The van der Waals surface area contributed by atoms with Crippen LogP contribution in [0, 0.1) is 0 Å². The number of nitrogen functional groups attached to an aromatic ring is 1. The van der Waals surface area contributed by atoms with E-state index in [1.165, 1.54) is 5.56 Å². The van der Waals surface area contributed by atoms with Gasteiger partial charge in [-0.2, -0.15) is 0 Å². The molecule has 0 saturated carbocycles. The fourth-order valence-electron chi connectivity index (χ4n) is 3.52. The summed E-state index contributed by atoms with van der Waals surface area (Å²) < 4.78 is 0.984. The molecule has 0 saturated heterocycles. The third-order valence-electron chi connectivity index (χ3n) is 4.63. The Balaban J connectivity index is 1.83. The van der Waals surface area contributed by atoms with Gasteiger partial charge in [-0.15, -0.1) is 0 Å². The van der Waals surface area contributed by atoms with Gasteiger partial charge in [0.1, 0.15) is 5.15 Å². The molecule has 4 aromatic rings. The second-order valence-corrected chi connectivity index (χ2v) is 7.52. The van der Waals surface area contributed by atoms with Gasteiger partial charge < -0.3 is 5.73 Å². The van der Waals surface area contributed by atoms with Crippen LogP contribution in [0.1, 0.15) is 11.3 Å². The van der Waals surface area contributed by atoms with Crippen LogP contribution in [0.5, 0.6) is 0 Å². The van der Waals surface area contributed by atoms with Gasteiger partial charge in [0.25, 0.3) is 0 Å². The number of nitrogens with zero attached hydrogens (tertiary/aromatic N) is 3. The molecule has 0 amide bonds. The molecule has 0 fully saturated rings. The van der Waals surface area contributed by atoms with Crippen LogP contribution in [0.15, 0.2) is 53.0 Å². The molecule has 6 heteroatoms. The first kappa shape index (κ1) is 15.7. The Labute approximate surface area is 163 Å². The van der Waals surface area contributed by atoms with Crippen LogP contribution in [0.3, 0.4) is 0 Å². The minimum Gasteiger partial charge on any atom is -0.368 e. The Morgan fingerprint density at radius 3 is 2.69 bits per heavy atom. The Bertz CT molecular complexity index is 1210. The molecular weight excluding hydrogens is 412 g/mol. The Kier molecular flexibility index (Phi) is 3.48. The quantitative estimate of drug-likeness (QED) is 0.373. The highest BCUT2D eigenvalue weighted by Gasteiger charge is 2.26. The molecule has 0 bridgehead atoms. The van der Waals surface area contributed by atoms with Crippen molar-refractivity contribution >= 4 is 44.4 Å². The average molecular weight is 424 g/mol. The van der Waals surface area contributed by atoms with E-state index < -0.39 is 0 Å². The predicted molar refractivity (Wildman–Crippen MR) is 108 cm³/mol. The number of hydrogen-bond acceptors (Lipinski definition) is 4. The maximum Gasteiger partial charge on any atom is 0.220 e. The highest BCUT2D eigenvalue weighted by Crippen LogP contribution is 2.43. The molecule has 126 valence electrons. The van der Waals surface area contributed by atoms with E-state index in [1.54, 1.807) is 0 Å². The van der Waals surface area contributed by atoms with Crippen LogP contribution in [-0.2, 0) is 6.42 Å². The van der Waals surface area contributed by atoms with Crippen LogP contribution >= 0.6 is 27.5 Å². The molecule has 0 atom stereocenters. The molecule has 2 N–H and O–H groups in total.